The molecule has 0 radical (unpaired) electrons. The quantitative estimate of drug-likeness (QED) is 0.709. The summed E-state index contributed by atoms with van der Waals surface area (Å²) in [6, 6.07) is 0. The van der Waals surface area contributed by atoms with Crippen molar-refractivity contribution >= 4 is 5.91 Å². The normalized spacial score (nSPS) is 22.2. The number of nitrogens with zero attached hydrogens (tertiary/aromatic N) is 1. The van der Waals surface area contributed by atoms with Gasteiger partial charge < -0.3 is 15.0 Å². The van der Waals surface area contributed by atoms with Gasteiger partial charge >= 0.3 is 0 Å². The maximum Gasteiger partial charge on any atom is 0.237 e. The standard InChI is InChI=1S/C10H20N2O2/c1-10(2)4-5-11-8-9(13)12(10)6-7-14-3/h11H,4-8H2,1-3H3. The summed E-state index contributed by atoms with van der Waals surface area (Å²) in [7, 11) is 1.66. The van der Waals surface area contributed by atoms with Crippen LogP contribution in [0.2, 0.25) is 0 Å². The molecule has 1 saturated heterocycles. The van der Waals surface area contributed by atoms with Gasteiger partial charge in [-0.25, -0.2) is 0 Å². The molecule has 1 rings (SSSR count). The van der Waals surface area contributed by atoms with E-state index in [0.29, 0.717) is 19.7 Å². The molecule has 4 nitrogen and oxygen atoms in total. The molecule has 1 fully saturated rings. The van der Waals surface area contributed by atoms with Crippen molar-refractivity contribution in [3.05, 3.63) is 0 Å². The van der Waals surface area contributed by atoms with Crippen LogP contribution in [0.25, 0.3) is 0 Å². The molecule has 14 heavy (non-hydrogen) atoms. The maximum atomic E-state index is 11.7. The van der Waals surface area contributed by atoms with Gasteiger partial charge in [0.1, 0.15) is 0 Å². The van der Waals surface area contributed by atoms with E-state index in [9.17, 15) is 4.79 Å². The summed E-state index contributed by atoms with van der Waals surface area (Å²) in [5.41, 5.74) is -0.0564. The summed E-state index contributed by atoms with van der Waals surface area (Å²) in [5.74, 6) is 0.171. The Kier molecular flexibility index (Phi) is 3.89. The molecule has 4 heteroatoms. The number of ether oxygens (including phenoxy) is 1. The molecule has 82 valence electrons. The van der Waals surface area contributed by atoms with Gasteiger partial charge in [0, 0.05) is 19.2 Å². The number of carbonyl (C=O) groups excluding carboxylic acids is 1. The summed E-state index contributed by atoms with van der Waals surface area (Å²) in [6.45, 7) is 6.86. The van der Waals surface area contributed by atoms with Crippen molar-refractivity contribution < 1.29 is 9.53 Å². The Labute approximate surface area is 85.6 Å². The fraction of sp³-hybridized carbons (Fsp3) is 0.900. The van der Waals surface area contributed by atoms with Crippen LogP contribution in [0.1, 0.15) is 20.3 Å². The minimum absolute atomic E-state index is 0.0564. The van der Waals surface area contributed by atoms with Crippen molar-refractivity contribution in [1.29, 1.82) is 0 Å². The first-order chi connectivity index (χ1) is 6.58. The van der Waals surface area contributed by atoms with Gasteiger partial charge in [-0.2, -0.15) is 0 Å². The van der Waals surface area contributed by atoms with E-state index in [2.05, 4.69) is 19.2 Å². The average Bonchev–Trinajstić information content (AvgIpc) is 2.23. The Hall–Kier alpha value is -0.610. The lowest BCUT2D eigenvalue weighted by molar-refractivity contribution is -0.135. The minimum Gasteiger partial charge on any atom is -0.383 e. The van der Waals surface area contributed by atoms with E-state index in [-0.39, 0.29) is 11.4 Å². The summed E-state index contributed by atoms with van der Waals surface area (Å²) in [6.07, 6.45) is 0.989. The number of nitrogens with one attached hydrogen (secondary N) is 1. The van der Waals surface area contributed by atoms with Gasteiger partial charge in [-0.15, -0.1) is 0 Å². The molecule has 0 bridgehead atoms. The molecule has 1 aliphatic heterocycles. The zero-order valence-corrected chi connectivity index (χ0v) is 9.30. The smallest absolute Gasteiger partial charge is 0.237 e. The number of methoxy groups -OCH3 is 1. The second-order valence-electron chi connectivity index (χ2n) is 4.28. The molecule has 1 heterocycles. The monoisotopic (exact) mass is 200 g/mol. The lowest BCUT2D eigenvalue weighted by Gasteiger charge is -2.36. The fourth-order valence-corrected chi connectivity index (χ4v) is 1.77. The van der Waals surface area contributed by atoms with Crippen molar-refractivity contribution in [2.75, 3.05) is 33.4 Å². The van der Waals surface area contributed by atoms with Crippen molar-refractivity contribution in [2.24, 2.45) is 0 Å². The fourth-order valence-electron chi connectivity index (χ4n) is 1.77. The lowest BCUT2D eigenvalue weighted by Crippen LogP contribution is -2.49. The number of rotatable bonds is 3. The highest BCUT2D eigenvalue weighted by Crippen LogP contribution is 2.19. The zero-order chi connectivity index (χ0) is 10.6. The van der Waals surface area contributed by atoms with Crippen LogP contribution in [0.3, 0.4) is 0 Å². The van der Waals surface area contributed by atoms with E-state index in [1.807, 2.05) is 4.90 Å². The summed E-state index contributed by atoms with van der Waals surface area (Å²) in [4.78, 5) is 13.7. The molecule has 1 N–H and O–H groups in total. The van der Waals surface area contributed by atoms with Gasteiger partial charge in [0.15, 0.2) is 0 Å². The maximum absolute atomic E-state index is 11.7. The van der Waals surface area contributed by atoms with Gasteiger partial charge in [-0.1, -0.05) is 0 Å². The molecule has 0 aromatic heterocycles. The largest absolute Gasteiger partial charge is 0.383 e. The van der Waals surface area contributed by atoms with Gasteiger partial charge in [0.2, 0.25) is 5.91 Å². The van der Waals surface area contributed by atoms with Crippen LogP contribution in [-0.2, 0) is 9.53 Å². The van der Waals surface area contributed by atoms with Crippen LogP contribution in [0, 0.1) is 0 Å². The second kappa shape index (κ2) is 4.75. The highest BCUT2D eigenvalue weighted by Gasteiger charge is 2.31. The molecule has 1 amide bonds. The molecule has 0 aromatic rings. The summed E-state index contributed by atoms with van der Waals surface area (Å²) in [5, 5.41) is 3.13. The van der Waals surface area contributed by atoms with E-state index in [4.69, 9.17) is 4.74 Å². The van der Waals surface area contributed by atoms with Crippen LogP contribution in [0.15, 0.2) is 0 Å². The predicted octanol–water partition coefficient (Wildman–Crippen LogP) is 0.233. The average molecular weight is 200 g/mol. The summed E-state index contributed by atoms with van der Waals surface area (Å²) < 4.78 is 5.01. The number of amides is 1. The van der Waals surface area contributed by atoms with Gasteiger partial charge in [0.05, 0.1) is 13.2 Å². The third kappa shape index (κ3) is 2.69. The molecule has 1 aliphatic rings. The Morgan fingerprint density at radius 1 is 1.57 bits per heavy atom. The first-order valence-electron chi connectivity index (χ1n) is 5.08. The van der Waals surface area contributed by atoms with Crippen LogP contribution in [0.5, 0.6) is 0 Å². The highest BCUT2D eigenvalue weighted by atomic mass is 16.5. The molecule has 0 saturated carbocycles. The molecule has 0 spiro atoms. The number of carbonyl (C=O) groups is 1. The van der Waals surface area contributed by atoms with Crippen molar-refractivity contribution in [1.82, 2.24) is 10.2 Å². The van der Waals surface area contributed by atoms with E-state index in [1.165, 1.54) is 0 Å². The number of hydrogen-bond donors (Lipinski definition) is 1. The predicted molar refractivity (Wildman–Crippen MR) is 55.2 cm³/mol. The van der Waals surface area contributed by atoms with E-state index in [1.54, 1.807) is 7.11 Å². The van der Waals surface area contributed by atoms with E-state index >= 15 is 0 Å². The van der Waals surface area contributed by atoms with Gasteiger partial charge in [0.25, 0.3) is 0 Å². The Morgan fingerprint density at radius 2 is 2.29 bits per heavy atom. The van der Waals surface area contributed by atoms with E-state index in [0.717, 1.165) is 13.0 Å². The second-order valence-corrected chi connectivity index (χ2v) is 4.28. The Bertz CT molecular complexity index is 204. The number of hydrogen-bond acceptors (Lipinski definition) is 3. The van der Waals surface area contributed by atoms with Crippen molar-refractivity contribution in [3.8, 4) is 0 Å². The Morgan fingerprint density at radius 3 is 2.93 bits per heavy atom. The van der Waals surface area contributed by atoms with Crippen molar-refractivity contribution in [2.45, 2.75) is 25.8 Å². The van der Waals surface area contributed by atoms with Crippen LogP contribution < -0.4 is 5.32 Å². The molecule has 0 aliphatic carbocycles. The molecule has 0 aromatic carbocycles. The zero-order valence-electron chi connectivity index (χ0n) is 9.30. The molecular formula is C10H20N2O2. The first-order valence-corrected chi connectivity index (χ1v) is 5.08. The van der Waals surface area contributed by atoms with Crippen LogP contribution in [0.4, 0.5) is 0 Å². The van der Waals surface area contributed by atoms with Crippen LogP contribution >= 0.6 is 0 Å². The Balaban J connectivity index is 2.66. The molecular weight excluding hydrogens is 180 g/mol. The third-order valence-electron chi connectivity index (χ3n) is 2.74. The first kappa shape index (κ1) is 11.5. The molecule has 0 unspecified atom stereocenters. The SMILES string of the molecule is COCCN1C(=O)CNCCC1(C)C. The van der Waals surface area contributed by atoms with Gasteiger partial charge in [-0.05, 0) is 26.8 Å². The van der Waals surface area contributed by atoms with Crippen molar-refractivity contribution in [3.63, 3.8) is 0 Å². The minimum atomic E-state index is -0.0564. The third-order valence-corrected chi connectivity index (χ3v) is 2.74. The highest BCUT2D eigenvalue weighted by molar-refractivity contribution is 5.79. The lowest BCUT2D eigenvalue weighted by atomic mass is 9.98. The molecule has 0 atom stereocenters. The summed E-state index contributed by atoms with van der Waals surface area (Å²) >= 11 is 0. The van der Waals surface area contributed by atoms with Gasteiger partial charge in [-0.3, -0.25) is 4.79 Å². The van der Waals surface area contributed by atoms with E-state index < -0.39 is 0 Å². The topological polar surface area (TPSA) is 41.6 Å². The van der Waals surface area contributed by atoms with Crippen LogP contribution in [-0.4, -0.2) is 49.7 Å².